The third-order valence-electron chi connectivity index (χ3n) is 6.41. The first-order valence-corrected chi connectivity index (χ1v) is 13.3. The fourth-order valence-corrected chi connectivity index (χ4v) is 5.54. The van der Waals surface area contributed by atoms with E-state index in [2.05, 4.69) is 14.9 Å². The van der Waals surface area contributed by atoms with Crippen molar-refractivity contribution in [2.45, 2.75) is 56.3 Å². The van der Waals surface area contributed by atoms with Gasteiger partial charge in [0, 0.05) is 30.3 Å². The average Bonchev–Trinajstić information content (AvgIpc) is 3.11. The van der Waals surface area contributed by atoms with Crippen LogP contribution in [0, 0.1) is 0 Å². The van der Waals surface area contributed by atoms with Gasteiger partial charge in [0.2, 0.25) is 15.9 Å². The van der Waals surface area contributed by atoms with Gasteiger partial charge in [0.1, 0.15) is 18.0 Å². The number of nitrogens with one attached hydrogen (secondary N) is 2. The van der Waals surface area contributed by atoms with Gasteiger partial charge in [-0.05, 0) is 50.6 Å². The highest BCUT2D eigenvalue weighted by Crippen LogP contribution is 2.47. The van der Waals surface area contributed by atoms with E-state index in [-0.39, 0.29) is 37.1 Å². The fraction of sp³-hybridized carbons (Fsp3) is 0.682. The van der Waals surface area contributed by atoms with Crippen LogP contribution in [-0.2, 0) is 19.6 Å². The molecule has 3 aliphatic heterocycles. The SMILES string of the molecule is CS(=O)(=O)Nc1ccc2c(c1)[C@@H]1C[C@@H](CC(=O)NCCN3CCCCC3)O[C@@H](CO)[C@@H]1O2. The second-order valence-electron chi connectivity index (χ2n) is 8.99. The number of piperidine rings is 1. The Balaban J connectivity index is 1.37. The zero-order valence-electron chi connectivity index (χ0n) is 18.5. The molecule has 0 aliphatic carbocycles. The Bertz CT molecular complexity index is 918. The molecular formula is C22H33N3O6S. The Morgan fingerprint density at radius 1 is 1.25 bits per heavy atom. The van der Waals surface area contributed by atoms with Crippen molar-refractivity contribution in [3.63, 3.8) is 0 Å². The van der Waals surface area contributed by atoms with Crippen LogP contribution in [0.15, 0.2) is 18.2 Å². The molecule has 178 valence electrons. The zero-order valence-corrected chi connectivity index (χ0v) is 19.3. The molecule has 0 aromatic heterocycles. The lowest BCUT2D eigenvalue weighted by atomic mass is 9.84. The van der Waals surface area contributed by atoms with E-state index >= 15 is 0 Å². The first-order chi connectivity index (χ1) is 15.3. The van der Waals surface area contributed by atoms with E-state index in [1.807, 2.05) is 0 Å². The molecule has 3 N–H and O–H groups in total. The second kappa shape index (κ2) is 9.94. The van der Waals surface area contributed by atoms with Crippen molar-refractivity contribution in [3.05, 3.63) is 23.8 Å². The summed E-state index contributed by atoms with van der Waals surface area (Å²) < 4.78 is 37.7. The average molecular weight is 468 g/mol. The predicted molar refractivity (Wildman–Crippen MR) is 120 cm³/mol. The van der Waals surface area contributed by atoms with Crippen LogP contribution in [0.2, 0.25) is 0 Å². The van der Waals surface area contributed by atoms with Crippen LogP contribution < -0.4 is 14.8 Å². The van der Waals surface area contributed by atoms with E-state index in [9.17, 15) is 18.3 Å². The monoisotopic (exact) mass is 467 g/mol. The van der Waals surface area contributed by atoms with E-state index in [1.165, 1.54) is 19.3 Å². The Hall–Kier alpha value is -1.88. The Labute approximate surface area is 189 Å². The molecule has 2 saturated heterocycles. The van der Waals surface area contributed by atoms with Crippen LogP contribution in [0.5, 0.6) is 5.75 Å². The summed E-state index contributed by atoms with van der Waals surface area (Å²) in [5, 5.41) is 12.9. The van der Waals surface area contributed by atoms with Gasteiger partial charge >= 0.3 is 0 Å². The highest BCUT2D eigenvalue weighted by Gasteiger charge is 2.46. The maximum atomic E-state index is 12.5. The van der Waals surface area contributed by atoms with Crippen LogP contribution in [0.3, 0.4) is 0 Å². The summed E-state index contributed by atoms with van der Waals surface area (Å²) in [5.41, 5.74) is 1.34. The van der Waals surface area contributed by atoms with E-state index in [4.69, 9.17) is 9.47 Å². The quantitative estimate of drug-likeness (QED) is 0.523. The van der Waals surface area contributed by atoms with Crippen molar-refractivity contribution >= 4 is 21.6 Å². The number of hydrogen-bond acceptors (Lipinski definition) is 7. The minimum atomic E-state index is -3.40. The largest absolute Gasteiger partial charge is 0.487 e. The smallest absolute Gasteiger partial charge is 0.229 e. The highest BCUT2D eigenvalue weighted by molar-refractivity contribution is 7.92. The molecule has 0 radical (unpaired) electrons. The predicted octanol–water partition coefficient (Wildman–Crippen LogP) is 1.04. The van der Waals surface area contributed by atoms with Gasteiger partial charge in [-0.1, -0.05) is 6.42 Å². The number of nitrogens with zero attached hydrogens (tertiary/aromatic N) is 1. The normalized spacial score (nSPS) is 27.8. The van der Waals surface area contributed by atoms with Gasteiger partial charge < -0.3 is 24.8 Å². The first-order valence-electron chi connectivity index (χ1n) is 11.4. The molecule has 0 saturated carbocycles. The molecule has 10 heteroatoms. The number of rotatable bonds is 8. The number of carbonyl (C=O) groups excluding carboxylic acids is 1. The van der Waals surface area contributed by atoms with E-state index in [0.29, 0.717) is 24.4 Å². The van der Waals surface area contributed by atoms with Crippen molar-refractivity contribution < 1.29 is 27.8 Å². The summed E-state index contributed by atoms with van der Waals surface area (Å²) in [7, 11) is -3.40. The van der Waals surface area contributed by atoms with Gasteiger partial charge in [0.25, 0.3) is 0 Å². The number of hydrogen-bond donors (Lipinski definition) is 3. The third kappa shape index (κ3) is 5.72. The van der Waals surface area contributed by atoms with Gasteiger partial charge in [-0.3, -0.25) is 9.52 Å². The van der Waals surface area contributed by atoms with Crippen LogP contribution in [0.25, 0.3) is 0 Å². The van der Waals surface area contributed by atoms with Crippen LogP contribution >= 0.6 is 0 Å². The maximum absolute atomic E-state index is 12.5. The van der Waals surface area contributed by atoms with Crippen LogP contribution in [0.4, 0.5) is 5.69 Å². The summed E-state index contributed by atoms with van der Waals surface area (Å²) in [4.78, 5) is 14.9. The van der Waals surface area contributed by atoms with Crippen LogP contribution in [-0.4, -0.2) is 81.7 Å². The Kier molecular flexibility index (Phi) is 7.24. The summed E-state index contributed by atoms with van der Waals surface area (Å²) >= 11 is 0. The van der Waals surface area contributed by atoms with E-state index in [1.54, 1.807) is 18.2 Å². The number of carbonyl (C=O) groups is 1. The Morgan fingerprint density at radius 2 is 2.03 bits per heavy atom. The van der Waals surface area contributed by atoms with Gasteiger partial charge in [-0.15, -0.1) is 0 Å². The standard InChI is InChI=1S/C22H33N3O6S/c1-32(28,29)24-15-5-6-19-17(11-15)18-12-16(30-20(14-26)22(18)31-19)13-21(27)23-7-10-25-8-3-2-4-9-25/h5-6,11,16,18,20,22,24,26H,2-4,7-10,12-14H2,1H3,(H,23,27)/t16-,18-,20-,22+/m0/s1. The molecule has 4 rings (SSSR count). The molecule has 4 atom stereocenters. The van der Waals surface area contributed by atoms with Crippen molar-refractivity contribution in [2.75, 3.05) is 43.8 Å². The minimum Gasteiger partial charge on any atom is -0.487 e. The van der Waals surface area contributed by atoms with Gasteiger partial charge in [-0.25, -0.2) is 8.42 Å². The summed E-state index contributed by atoms with van der Waals surface area (Å²) in [6, 6.07) is 5.16. The highest BCUT2D eigenvalue weighted by atomic mass is 32.2. The summed E-state index contributed by atoms with van der Waals surface area (Å²) in [5.74, 6) is 0.518. The van der Waals surface area contributed by atoms with Crippen LogP contribution in [0.1, 0.15) is 43.6 Å². The number of ether oxygens (including phenoxy) is 2. The molecule has 9 nitrogen and oxygen atoms in total. The number of aliphatic hydroxyl groups is 1. The lowest BCUT2D eigenvalue weighted by Gasteiger charge is -2.37. The Morgan fingerprint density at radius 3 is 2.75 bits per heavy atom. The number of aliphatic hydroxyl groups excluding tert-OH is 1. The lowest BCUT2D eigenvalue weighted by Crippen LogP contribution is -2.47. The molecular weight excluding hydrogens is 434 g/mol. The minimum absolute atomic E-state index is 0.0613. The number of likely N-dealkylation sites (tertiary alicyclic amines) is 1. The topological polar surface area (TPSA) is 117 Å². The lowest BCUT2D eigenvalue weighted by molar-refractivity contribution is -0.142. The summed E-state index contributed by atoms with van der Waals surface area (Å²) in [6.07, 6.45) is 4.38. The molecule has 1 aromatic rings. The van der Waals surface area contributed by atoms with Crippen molar-refractivity contribution in [2.24, 2.45) is 0 Å². The van der Waals surface area contributed by atoms with Crippen molar-refractivity contribution in [1.82, 2.24) is 10.2 Å². The van der Waals surface area contributed by atoms with Gasteiger partial charge in [0.05, 0.1) is 25.4 Å². The molecule has 1 amide bonds. The van der Waals surface area contributed by atoms with Crippen molar-refractivity contribution in [3.8, 4) is 5.75 Å². The van der Waals surface area contributed by atoms with Gasteiger partial charge in [-0.2, -0.15) is 0 Å². The van der Waals surface area contributed by atoms with Gasteiger partial charge in [0.15, 0.2) is 0 Å². The maximum Gasteiger partial charge on any atom is 0.229 e. The number of fused-ring (bicyclic) bond motifs is 3. The number of amides is 1. The van der Waals surface area contributed by atoms with E-state index < -0.39 is 16.1 Å². The van der Waals surface area contributed by atoms with Crippen molar-refractivity contribution in [1.29, 1.82) is 0 Å². The molecule has 32 heavy (non-hydrogen) atoms. The molecule has 0 unspecified atom stereocenters. The second-order valence-corrected chi connectivity index (χ2v) is 10.7. The third-order valence-corrected chi connectivity index (χ3v) is 7.02. The number of benzene rings is 1. The first kappa shape index (κ1) is 23.3. The van der Waals surface area contributed by atoms with E-state index in [0.717, 1.165) is 31.5 Å². The molecule has 3 aliphatic rings. The molecule has 0 bridgehead atoms. The fourth-order valence-electron chi connectivity index (χ4n) is 4.98. The number of sulfonamides is 1. The summed E-state index contributed by atoms with van der Waals surface area (Å²) in [6.45, 7) is 3.46. The molecule has 3 heterocycles. The zero-order chi connectivity index (χ0) is 22.7. The molecule has 0 spiro atoms. The molecule has 2 fully saturated rings. The number of anilines is 1. The molecule has 1 aromatic carbocycles.